The van der Waals surface area contributed by atoms with E-state index in [0.29, 0.717) is 12.8 Å². The second kappa shape index (κ2) is 14.9. The zero-order chi connectivity index (χ0) is 37.0. The highest BCUT2D eigenvalue weighted by Crippen LogP contribution is 2.41. The van der Waals surface area contributed by atoms with Gasteiger partial charge >= 0.3 is 11.9 Å². The number of nitrogens with zero attached hydrogens (tertiary/aromatic N) is 1. The van der Waals surface area contributed by atoms with Gasteiger partial charge in [0, 0.05) is 24.2 Å². The van der Waals surface area contributed by atoms with Crippen LogP contribution in [0.1, 0.15) is 143 Å². The summed E-state index contributed by atoms with van der Waals surface area (Å²) in [5.74, 6) is -0.690. The largest absolute Gasteiger partial charge is 0.507 e. The fourth-order valence-corrected chi connectivity index (χ4v) is 5.51. The van der Waals surface area contributed by atoms with E-state index in [1.807, 2.05) is 107 Å². The summed E-state index contributed by atoms with van der Waals surface area (Å²) in [6.07, 6.45) is 0.653. The standard InChI is InChI=1S/C39H59NO8/c1-14-39(40(45)46,23-47-31(41)17-15-25-19-27(35(2,3)4)33(43)28(20-25)36(5,6)7)24-48-32(42)18-16-26-21-29(37(8,9)10)34(44)30(22-26)38(11,12)13/h19-22,43-44H,14-18,23-24H2,1-13H3. The van der Waals surface area contributed by atoms with Crippen LogP contribution < -0.4 is 0 Å². The third-order valence-corrected chi connectivity index (χ3v) is 8.86. The fraction of sp³-hybridized carbons (Fsp3) is 0.641. The molecule has 48 heavy (non-hydrogen) atoms. The number of aryl methyl sites for hydroxylation is 2. The molecule has 0 aliphatic carbocycles. The Balaban J connectivity index is 2.11. The van der Waals surface area contributed by atoms with Crippen LogP contribution in [0.5, 0.6) is 11.5 Å². The van der Waals surface area contributed by atoms with Gasteiger partial charge in [0.2, 0.25) is 0 Å². The topological polar surface area (TPSA) is 136 Å². The predicted molar refractivity (Wildman–Crippen MR) is 190 cm³/mol. The lowest BCUT2D eigenvalue weighted by Crippen LogP contribution is -2.48. The molecule has 0 saturated heterocycles. The lowest BCUT2D eigenvalue weighted by Gasteiger charge is -2.28. The van der Waals surface area contributed by atoms with Crippen molar-refractivity contribution >= 4 is 11.9 Å². The van der Waals surface area contributed by atoms with Crippen LogP contribution in [0.4, 0.5) is 0 Å². The first-order chi connectivity index (χ1) is 21.7. The van der Waals surface area contributed by atoms with Gasteiger partial charge in [-0.05, 0) is 67.9 Å². The molecule has 0 fully saturated rings. The third-order valence-electron chi connectivity index (χ3n) is 8.86. The van der Waals surface area contributed by atoms with Crippen LogP contribution in [-0.2, 0) is 53.6 Å². The summed E-state index contributed by atoms with van der Waals surface area (Å²) in [4.78, 5) is 37.3. The molecule has 0 spiro atoms. The van der Waals surface area contributed by atoms with Gasteiger partial charge in [-0.2, -0.15) is 0 Å². The highest BCUT2D eigenvalue weighted by molar-refractivity contribution is 5.70. The number of phenolic OH excluding ortho intramolecular Hbond substituents is 2. The normalized spacial score (nSPS) is 12.9. The van der Waals surface area contributed by atoms with E-state index >= 15 is 0 Å². The lowest BCUT2D eigenvalue weighted by molar-refractivity contribution is -0.577. The van der Waals surface area contributed by atoms with Crippen molar-refractivity contribution in [3.05, 3.63) is 67.8 Å². The van der Waals surface area contributed by atoms with E-state index in [2.05, 4.69) is 0 Å². The van der Waals surface area contributed by atoms with Crippen LogP contribution in [0, 0.1) is 10.1 Å². The van der Waals surface area contributed by atoms with Gasteiger partial charge in [0.15, 0.2) is 13.2 Å². The first-order valence-electron chi connectivity index (χ1n) is 16.9. The van der Waals surface area contributed by atoms with Gasteiger partial charge in [0.1, 0.15) is 11.5 Å². The highest BCUT2D eigenvalue weighted by Gasteiger charge is 2.44. The van der Waals surface area contributed by atoms with E-state index in [0.717, 1.165) is 33.4 Å². The number of aromatic hydroxyl groups is 2. The van der Waals surface area contributed by atoms with E-state index in [1.54, 1.807) is 6.92 Å². The molecule has 0 amide bonds. The van der Waals surface area contributed by atoms with Crippen molar-refractivity contribution in [1.29, 1.82) is 0 Å². The molecule has 9 nitrogen and oxygen atoms in total. The van der Waals surface area contributed by atoms with E-state index in [9.17, 15) is 29.9 Å². The zero-order valence-electron chi connectivity index (χ0n) is 31.6. The maximum Gasteiger partial charge on any atom is 0.306 e. The van der Waals surface area contributed by atoms with Crippen LogP contribution in [0.2, 0.25) is 0 Å². The average molecular weight is 670 g/mol. The number of rotatable bonds is 12. The second-order valence-electron chi connectivity index (χ2n) is 17.2. The summed E-state index contributed by atoms with van der Waals surface area (Å²) in [5.41, 5.74) is 1.81. The van der Waals surface area contributed by atoms with E-state index in [-0.39, 0.29) is 52.4 Å². The molecule has 2 aromatic carbocycles. The number of hydrogen-bond acceptors (Lipinski definition) is 8. The molecule has 0 radical (unpaired) electrons. The Labute approximate surface area is 287 Å². The molecule has 0 atom stereocenters. The number of ether oxygens (including phenoxy) is 2. The molecule has 0 heterocycles. The van der Waals surface area contributed by atoms with Gasteiger partial charge < -0.3 is 19.7 Å². The number of nitro groups is 1. The Morgan fingerprint density at radius 2 is 0.896 bits per heavy atom. The van der Waals surface area contributed by atoms with Crippen molar-refractivity contribution in [2.75, 3.05) is 13.2 Å². The van der Waals surface area contributed by atoms with Crippen molar-refractivity contribution in [3.8, 4) is 11.5 Å². The smallest absolute Gasteiger partial charge is 0.306 e. The van der Waals surface area contributed by atoms with Gasteiger partial charge in [-0.3, -0.25) is 19.7 Å². The van der Waals surface area contributed by atoms with Gasteiger partial charge in [0.25, 0.3) is 5.54 Å². The van der Waals surface area contributed by atoms with Crippen molar-refractivity contribution in [3.63, 3.8) is 0 Å². The number of phenols is 2. The summed E-state index contributed by atoms with van der Waals surface area (Å²) < 4.78 is 10.8. The van der Waals surface area contributed by atoms with Crippen molar-refractivity contribution in [2.45, 2.75) is 149 Å². The molecule has 0 aliphatic heterocycles. The van der Waals surface area contributed by atoms with Crippen LogP contribution >= 0.6 is 0 Å². The molecule has 2 aromatic rings. The van der Waals surface area contributed by atoms with E-state index < -0.39 is 35.6 Å². The van der Waals surface area contributed by atoms with Crippen LogP contribution in [0.3, 0.4) is 0 Å². The number of carbonyl (C=O) groups excluding carboxylic acids is 2. The van der Waals surface area contributed by atoms with Crippen molar-refractivity contribution in [2.24, 2.45) is 0 Å². The highest BCUT2D eigenvalue weighted by atomic mass is 16.6. The molecule has 0 saturated carbocycles. The number of esters is 2. The van der Waals surface area contributed by atoms with Crippen LogP contribution in [0.15, 0.2) is 24.3 Å². The predicted octanol–water partition coefficient (Wildman–Crippen LogP) is 8.37. The summed E-state index contributed by atoms with van der Waals surface area (Å²) in [7, 11) is 0. The van der Waals surface area contributed by atoms with Gasteiger partial charge in [0.05, 0.1) is 0 Å². The van der Waals surface area contributed by atoms with Crippen molar-refractivity contribution < 1.29 is 34.2 Å². The number of benzene rings is 2. The van der Waals surface area contributed by atoms with Crippen LogP contribution in [-0.4, -0.2) is 45.8 Å². The third kappa shape index (κ3) is 10.4. The zero-order valence-corrected chi connectivity index (χ0v) is 31.6. The monoisotopic (exact) mass is 669 g/mol. The van der Waals surface area contributed by atoms with Crippen LogP contribution in [0.25, 0.3) is 0 Å². The summed E-state index contributed by atoms with van der Waals surface area (Å²) >= 11 is 0. The maximum absolute atomic E-state index is 12.8. The average Bonchev–Trinajstić information content (AvgIpc) is 2.93. The van der Waals surface area contributed by atoms with Gasteiger partial charge in [-0.15, -0.1) is 0 Å². The first-order valence-corrected chi connectivity index (χ1v) is 16.9. The van der Waals surface area contributed by atoms with E-state index in [1.165, 1.54) is 0 Å². The Kier molecular flexibility index (Phi) is 12.6. The number of carbonyl (C=O) groups is 2. The SMILES string of the molecule is CCC(COC(=O)CCc1cc(C(C)(C)C)c(O)c(C(C)(C)C)c1)(COC(=O)CCc1cc(C(C)(C)C)c(O)c(C(C)(C)C)c1)[N+](=O)[O-]. The summed E-state index contributed by atoms with van der Waals surface area (Å²) in [5, 5.41) is 34.2. The minimum Gasteiger partial charge on any atom is -0.507 e. The first kappa shape index (κ1) is 40.6. The molecular formula is C39H59NO8. The van der Waals surface area contributed by atoms with Gasteiger partial charge in [-0.1, -0.05) is 114 Å². The summed E-state index contributed by atoms with van der Waals surface area (Å²) in [6.45, 7) is 24.7. The Hall–Kier alpha value is -3.62. The maximum atomic E-state index is 12.8. The molecule has 0 aliphatic rings. The Morgan fingerprint density at radius 3 is 1.10 bits per heavy atom. The quantitative estimate of drug-likeness (QED) is 0.131. The molecular weight excluding hydrogens is 610 g/mol. The lowest BCUT2D eigenvalue weighted by atomic mass is 9.78. The molecule has 0 bridgehead atoms. The fourth-order valence-electron chi connectivity index (χ4n) is 5.51. The molecule has 0 aromatic heterocycles. The molecule has 2 N–H and O–H groups in total. The van der Waals surface area contributed by atoms with E-state index in [4.69, 9.17) is 9.47 Å². The Morgan fingerprint density at radius 1 is 0.625 bits per heavy atom. The molecule has 2 rings (SSSR count). The molecule has 268 valence electrons. The number of hydrogen-bond donors (Lipinski definition) is 2. The van der Waals surface area contributed by atoms with Crippen molar-refractivity contribution in [1.82, 2.24) is 0 Å². The minimum atomic E-state index is -1.78. The molecule has 9 heteroatoms. The second-order valence-corrected chi connectivity index (χ2v) is 17.2. The van der Waals surface area contributed by atoms with Gasteiger partial charge in [-0.25, -0.2) is 0 Å². The Bertz CT molecular complexity index is 1310. The minimum absolute atomic E-state index is 0.00499. The molecule has 0 unspecified atom stereocenters. The summed E-state index contributed by atoms with van der Waals surface area (Å²) in [6, 6.07) is 7.60.